The summed E-state index contributed by atoms with van der Waals surface area (Å²) >= 11 is 0. The molecular formula is C12H18N2O2. The molecule has 1 heterocycles. The molecule has 4 heteroatoms. The lowest BCUT2D eigenvalue weighted by molar-refractivity contribution is 0.213. The number of aromatic nitrogens is 1. The van der Waals surface area contributed by atoms with E-state index in [1.165, 1.54) is 0 Å². The van der Waals surface area contributed by atoms with E-state index in [0.29, 0.717) is 0 Å². The van der Waals surface area contributed by atoms with Gasteiger partial charge in [-0.15, -0.1) is 0 Å². The molecule has 0 amide bonds. The van der Waals surface area contributed by atoms with Crippen LogP contribution in [0.2, 0.25) is 0 Å². The summed E-state index contributed by atoms with van der Waals surface area (Å²) in [5.74, 6) is 1.45. The summed E-state index contributed by atoms with van der Waals surface area (Å²) in [5.41, 5.74) is -0.207. The number of nitrogens with one attached hydrogen (secondary N) is 1. The zero-order valence-electron chi connectivity index (χ0n) is 9.57. The molecule has 0 atom stereocenters. The van der Waals surface area contributed by atoms with Crippen molar-refractivity contribution in [1.82, 2.24) is 4.98 Å². The van der Waals surface area contributed by atoms with Gasteiger partial charge in [-0.05, 0) is 25.0 Å². The number of methoxy groups -OCH3 is 1. The van der Waals surface area contributed by atoms with Crippen LogP contribution in [0.4, 0.5) is 5.82 Å². The number of anilines is 1. The Morgan fingerprint density at radius 2 is 2.25 bits per heavy atom. The van der Waals surface area contributed by atoms with Gasteiger partial charge in [0.25, 0.3) is 0 Å². The second-order valence-electron chi connectivity index (χ2n) is 4.32. The summed E-state index contributed by atoms with van der Waals surface area (Å²) in [6, 6.07) is 3.71. The van der Waals surface area contributed by atoms with Crippen LogP contribution in [0, 0.1) is 0 Å². The van der Waals surface area contributed by atoms with E-state index in [4.69, 9.17) is 4.74 Å². The van der Waals surface area contributed by atoms with Crippen molar-refractivity contribution in [2.24, 2.45) is 0 Å². The Balaban J connectivity index is 2.18. The zero-order valence-corrected chi connectivity index (χ0v) is 9.57. The van der Waals surface area contributed by atoms with Crippen LogP contribution < -0.4 is 10.1 Å². The first-order valence-electron chi connectivity index (χ1n) is 5.68. The Labute approximate surface area is 95.7 Å². The van der Waals surface area contributed by atoms with Gasteiger partial charge in [0.1, 0.15) is 0 Å². The van der Waals surface area contributed by atoms with Crippen LogP contribution in [0.15, 0.2) is 18.3 Å². The normalized spacial score (nSPS) is 18.4. The summed E-state index contributed by atoms with van der Waals surface area (Å²) in [6.07, 6.45) is 6.02. The van der Waals surface area contributed by atoms with Crippen molar-refractivity contribution in [1.29, 1.82) is 0 Å². The van der Waals surface area contributed by atoms with Crippen LogP contribution in [-0.4, -0.2) is 29.3 Å². The van der Waals surface area contributed by atoms with E-state index in [1.54, 1.807) is 13.3 Å². The highest BCUT2D eigenvalue weighted by atomic mass is 16.5. The highest BCUT2D eigenvalue weighted by Crippen LogP contribution is 2.34. The lowest BCUT2D eigenvalue weighted by atomic mass is 9.99. The van der Waals surface area contributed by atoms with Crippen LogP contribution in [0.5, 0.6) is 5.75 Å². The number of rotatable bonds is 4. The van der Waals surface area contributed by atoms with Gasteiger partial charge in [0.15, 0.2) is 11.6 Å². The van der Waals surface area contributed by atoms with Gasteiger partial charge in [0, 0.05) is 6.20 Å². The molecule has 0 aliphatic heterocycles. The molecule has 1 fully saturated rings. The average Bonchev–Trinajstić information content (AvgIpc) is 2.79. The predicted octanol–water partition coefficient (Wildman–Crippen LogP) is 1.81. The van der Waals surface area contributed by atoms with Crippen LogP contribution in [0.1, 0.15) is 25.7 Å². The first kappa shape index (κ1) is 11.2. The highest BCUT2D eigenvalue weighted by molar-refractivity contribution is 5.51. The maximum Gasteiger partial charge on any atom is 0.169 e. The zero-order chi connectivity index (χ0) is 11.4. The van der Waals surface area contributed by atoms with Crippen molar-refractivity contribution in [3.05, 3.63) is 18.3 Å². The van der Waals surface area contributed by atoms with Crippen LogP contribution in [-0.2, 0) is 0 Å². The van der Waals surface area contributed by atoms with E-state index in [-0.39, 0.29) is 12.1 Å². The number of hydrogen-bond acceptors (Lipinski definition) is 4. The molecule has 1 aromatic rings. The van der Waals surface area contributed by atoms with Crippen LogP contribution in [0.3, 0.4) is 0 Å². The van der Waals surface area contributed by atoms with Crippen molar-refractivity contribution in [3.63, 3.8) is 0 Å². The summed E-state index contributed by atoms with van der Waals surface area (Å²) in [6.45, 7) is 0.146. The molecule has 2 rings (SSSR count). The molecule has 2 N–H and O–H groups in total. The number of pyridine rings is 1. The summed E-state index contributed by atoms with van der Waals surface area (Å²) in [5, 5.41) is 12.8. The Kier molecular flexibility index (Phi) is 3.29. The van der Waals surface area contributed by atoms with Gasteiger partial charge in [-0.1, -0.05) is 12.8 Å². The van der Waals surface area contributed by atoms with Gasteiger partial charge in [-0.25, -0.2) is 4.98 Å². The minimum Gasteiger partial charge on any atom is -0.493 e. The minimum atomic E-state index is -0.207. The molecule has 88 valence electrons. The second-order valence-corrected chi connectivity index (χ2v) is 4.32. The number of ether oxygens (including phenoxy) is 1. The van der Waals surface area contributed by atoms with Crippen molar-refractivity contribution in [2.45, 2.75) is 31.2 Å². The Morgan fingerprint density at radius 1 is 1.50 bits per heavy atom. The fourth-order valence-electron chi connectivity index (χ4n) is 2.27. The van der Waals surface area contributed by atoms with Crippen molar-refractivity contribution in [3.8, 4) is 5.75 Å². The third kappa shape index (κ3) is 2.11. The van der Waals surface area contributed by atoms with Crippen molar-refractivity contribution in [2.75, 3.05) is 19.0 Å². The quantitative estimate of drug-likeness (QED) is 0.815. The molecule has 0 saturated heterocycles. The molecule has 1 saturated carbocycles. The monoisotopic (exact) mass is 222 g/mol. The maximum absolute atomic E-state index is 9.51. The molecule has 0 bridgehead atoms. The smallest absolute Gasteiger partial charge is 0.169 e. The van der Waals surface area contributed by atoms with Crippen LogP contribution in [0.25, 0.3) is 0 Å². The van der Waals surface area contributed by atoms with Gasteiger partial charge in [-0.3, -0.25) is 0 Å². The third-order valence-electron chi connectivity index (χ3n) is 3.24. The highest BCUT2D eigenvalue weighted by Gasteiger charge is 2.33. The molecule has 0 aromatic carbocycles. The van der Waals surface area contributed by atoms with E-state index in [1.807, 2.05) is 12.1 Å². The van der Waals surface area contributed by atoms with E-state index in [0.717, 1.165) is 37.3 Å². The lowest BCUT2D eigenvalue weighted by Gasteiger charge is -2.29. The van der Waals surface area contributed by atoms with E-state index in [9.17, 15) is 5.11 Å². The van der Waals surface area contributed by atoms with Gasteiger partial charge >= 0.3 is 0 Å². The maximum atomic E-state index is 9.51. The van der Waals surface area contributed by atoms with Crippen molar-refractivity contribution < 1.29 is 9.84 Å². The topological polar surface area (TPSA) is 54.4 Å². The van der Waals surface area contributed by atoms with E-state index < -0.39 is 0 Å². The number of nitrogens with zero attached hydrogens (tertiary/aromatic N) is 1. The van der Waals surface area contributed by atoms with Crippen LogP contribution >= 0.6 is 0 Å². The van der Waals surface area contributed by atoms with Gasteiger partial charge in [0.2, 0.25) is 0 Å². The molecule has 0 unspecified atom stereocenters. The van der Waals surface area contributed by atoms with E-state index in [2.05, 4.69) is 10.3 Å². The average molecular weight is 222 g/mol. The van der Waals surface area contributed by atoms with Gasteiger partial charge in [0.05, 0.1) is 19.3 Å². The fraction of sp³-hybridized carbons (Fsp3) is 0.583. The lowest BCUT2D eigenvalue weighted by Crippen LogP contribution is -2.39. The number of aliphatic hydroxyl groups is 1. The predicted molar refractivity (Wildman–Crippen MR) is 62.7 cm³/mol. The first-order valence-corrected chi connectivity index (χ1v) is 5.68. The molecule has 1 aromatic heterocycles. The van der Waals surface area contributed by atoms with E-state index >= 15 is 0 Å². The standard InChI is InChI=1S/C12H18N2O2/c1-16-10-5-4-8-13-11(10)14-12(9-15)6-2-3-7-12/h4-5,8,15H,2-3,6-7,9H2,1H3,(H,13,14). The molecule has 0 radical (unpaired) electrons. The Morgan fingerprint density at radius 3 is 2.88 bits per heavy atom. The van der Waals surface area contributed by atoms with Gasteiger partial charge in [-0.2, -0.15) is 0 Å². The number of aliphatic hydroxyl groups excluding tert-OH is 1. The largest absolute Gasteiger partial charge is 0.493 e. The summed E-state index contributed by atoms with van der Waals surface area (Å²) < 4.78 is 5.24. The molecule has 0 spiro atoms. The minimum absolute atomic E-state index is 0.146. The fourth-order valence-corrected chi connectivity index (χ4v) is 2.27. The summed E-state index contributed by atoms with van der Waals surface area (Å²) in [7, 11) is 1.63. The van der Waals surface area contributed by atoms with Crippen molar-refractivity contribution >= 4 is 5.82 Å². The van der Waals surface area contributed by atoms with Gasteiger partial charge < -0.3 is 15.2 Å². The third-order valence-corrected chi connectivity index (χ3v) is 3.24. The second kappa shape index (κ2) is 4.70. The first-order chi connectivity index (χ1) is 7.79. The molecule has 1 aliphatic carbocycles. The Bertz CT molecular complexity index is 349. The summed E-state index contributed by atoms with van der Waals surface area (Å²) in [4.78, 5) is 4.26. The molecule has 1 aliphatic rings. The molecule has 16 heavy (non-hydrogen) atoms. The SMILES string of the molecule is COc1cccnc1NC1(CO)CCCC1. The Hall–Kier alpha value is -1.29. The number of hydrogen-bond donors (Lipinski definition) is 2. The molecule has 4 nitrogen and oxygen atoms in total. The molecular weight excluding hydrogens is 204 g/mol.